The molecule has 1 aliphatic heterocycles. The largest absolute Gasteiger partial charge is 0.494 e. The predicted molar refractivity (Wildman–Crippen MR) is 83.9 cm³/mol. The van der Waals surface area contributed by atoms with Crippen LogP contribution in [0.15, 0.2) is 30.3 Å². The van der Waals surface area contributed by atoms with Gasteiger partial charge in [0.1, 0.15) is 5.75 Å². The Hall–Kier alpha value is -1.11. The van der Waals surface area contributed by atoms with Crippen LogP contribution in [0.1, 0.15) is 19.3 Å². The van der Waals surface area contributed by atoms with Crippen LogP contribution >= 0.6 is 0 Å². The van der Waals surface area contributed by atoms with E-state index in [1.165, 1.54) is 0 Å². The van der Waals surface area contributed by atoms with Gasteiger partial charge in [-0.3, -0.25) is 0 Å². The van der Waals surface area contributed by atoms with Crippen LogP contribution in [0.5, 0.6) is 5.75 Å². The normalized spacial score (nSPS) is 19.3. The van der Waals surface area contributed by atoms with E-state index in [4.69, 9.17) is 4.74 Å². The molecule has 6 heteroatoms. The maximum atomic E-state index is 12.0. The summed E-state index contributed by atoms with van der Waals surface area (Å²) >= 11 is 0. The SMILES string of the molecule is O=S(=O)(CC1CCCNC1)NCCCOc1ccccc1. The summed E-state index contributed by atoms with van der Waals surface area (Å²) in [5.41, 5.74) is 0. The molecule has 1 saturated heterocycles. The first-order valence-electron chi connectivity index (χ1n) is 7.52. The summed E-state index contributed by atoms with van der Waals surface area (Å²) in [6.45, 7) is 2.74. The Balaban J connectivity index is 1.60. The molecule has 5 nitrogen and oxygen atoms in total. The monoisotopic (exact) mass is 312 g/mol. The molecule has 118 valence electrons. The Morgan fingerprint density at radius 2 is 2.10 bits per heavy atom. The summed E-state index contributed by atoms with van der Waals surface area (Å²) in [6, 6.07) is 9.54. The second-order valence-electron chi connectivity index (χ2n) is 5.40. The second kappa shape index (κ2) is 8.36. The molecule has 2 N–H and O–H groups in total. The molecule has 0 amide bonds. The third-order valence-corrected chi connectivity index (χ3v) is 5.06. The number of ether oxygens (including phenoxy) is 1. The molecule has 0 bridgehead atoms. The van der Waals surface area contributed by atoms with Gasteiger partial charge in [-0.1, -0.05) is 18.2 Å². The number of piperidine rings is 1. The highest BCUT2D eigenvalue weighted by atomic mass is 32.2. The average molecular weight is 312 g/mol. The summed E-state index contributed by atoms with van der Waals surface area (Å²) in [4.78, 5) is 0. The molecule has 0 spiro atoms. The molecule has 0 aliphatic carbocycles. The topological polar surface area (TPSA) is 67.4 Å². The van der Waals surface area contributed by atoms with Crippen molar-refractivity contribution < 1.29 is 13.2 Å². The van der Waals surface area contributed by atoms with Gasteiger partial charge < -0.3 is 10.1 Å². The first-order valence-corrected chi connectivity index (χ1v) is 9.17. The fourth-order valence-corrected chi connectivity index (χ4v) is 3.92. The number of benzene rings is 1. The minimum Gasteiger partial charge on any atom is -0.494 e. The fraction of sp³-hybridized carbons (Fsp3) is 0.600. The van der Waals surface area contributed by atoms with Gasteiger partial charge in [-0.15, -0.1) is 0 Å². The zero-order valence-corrected chi connectivity index (χ0v) is 13.1. The molecule has 1 atom stereocenters. The molecule has 21 heavy (non-hydrogen) atoms. The van der Waals surface area contributed by atoms with E-state index in [1.54, 1.807) is 0 Å². The highest BCUT2D eigenvalue weighted by molar-refractivity contribution is 7.89. The quantitative estimate of drug-likeness (QED) is 0.712. The maximum Gasteiger partial charge on any atom is 0.211 e. The van der Waals surface area contributed by atoms with E-state index >= 15 is 0 Å². The molecule has 0 aromatic heterocycles. The second-order valence-corrected chi connectivity index (χ2v) is 7.25. The van der Waals surface area contributed by atoms with Crippen LogP contribution in [0.25, 0.3) is 0 Å². The molecule has 2 rings (SSSR count). The van der Waals surface area contributed by atoms with Gasteiger partial charge in [-0.05, 0) is 50.4 Å². The molecular weight excluding hydrogens is 288 g/mol. The first kappa shape index (κ1) is 16.3. The summed E-state index contributed by atoms with van der Waals surface area (Å²) in [7, 11) is -3.17. The molecule has 1 unspecified atom stereocenters. The van der Waals surface area contributed by atoms with Crippen LogP contribution in [-0.2, 0) is 10.0 Å². The van der Waals surface area contributed by atoms with E-state index in [0.29, 0.717) is 19.6 Å². The lowest BCUT2D eigenvalue weighted by Crippen LogP contribution is -2.38. The number of nitrogens with one attached hydrogen (secondary N) is 2. The van der Waals surface area contributed by atoms with Gasteiger partial charge in [0.2, 0.25) is 10.0 Å². The van der Waals surface area contributed by atoms with Crippen LogP contribution < -0.4 is 14.8 Å². The summed E-state index contributed by atoms with van der Waals surface area (Å²) < 4.78 is 32.1. The molecule has 0 radical (unpaired) electrons. The zero-order chi connectivity index (χ0) is 15.0. The van der Waals surface area contributed by atoms with Crippen molar-refractivity contribution in [2.45, 2.75) is 19.3 Å². The number of para-hydroxylation sites is 1. The van der Waals surface area contributed by atoms with E-state index in [2.05, 4.69) is 10.0 Å². The van der Waals surface area contributed by atoms with Gasteiger partial charge in [-0.25, -0.2) is 13.1 Å². The fourth-order valence-electron chi connectivity index (χ4n) is 2.44. The Morgan fingerprint density at radius 3 is 2.81 bits per heavy atom. The maximum absolute atomic E-state index is 12.0. The standard InChI is InChI=1S/C15H24N2O3S/c18-21(19,13-14-6-4-9-16-12-14)17-10-5-11-20-15-7-2-1-3-8-15/h1-3,7-8,14,16-17H,4-6,9-13H2. The smallest absolute Gasteiger partial charge is 0.211 e. The highest BCUT2D eigenvalue weighted by Crippen LogP contribution is 2.12. The van der Waals surface area contributed by atoms with Crippen molar-refractivity contribution in [1.29, 1.82) is 0 Å². The van der Waals surface area contributed by atoms with Crippen molar-refractivity contribution in [3.63, 3.8) is 0 Å². The van der Waals surface area contributed by atoms with E-state index < -0.39 is 10.0 Å². The van der Waals surface area contributed by atoms with Crippen LogP contribution in [0.2, 0.25) is 0 Å². The van der Waals surface area contributed by atoms with Crippen LogP contribution in [0.4, 0.5) is 0 Å². The third kappa shape index (κ3) is 6.46. The van der Waals surface area contributed by atoms with Crippen molar-refractivity contribution in [3.05, 3.63) is 30.3 Å². The Bertz CT molecular complexity index is 499. The number of hydrogen-bond donors (Lipinski definition) is 2. The molecule has 1 aromatic carbocycles. The minimum atomic E-state index is -3.17. The van der Waals surface area contributed by atoms with E-state index in [-0.39, 0.29) is 11.7 Å². The van der Waals surface area contributed by atoms with Gasteiger partial charge in [0.25, 0.3) is 0 Å². The van der Waals surface area contributed by atoms with Crippen molar-refractivity contribution >= 4 is 10.0 Å². The van der Waals surface area contributed by atoms with E-state index in [9.17, 15) is 8.42 Å². The van der Waals surface area contributed by atoms with Gasteiger partial charge in [0, 0.05) is 6.54 Å². The van der Waals surface area contributed by atoms with Crippen LogP contribution in [0.3, 0.4) is 0 Å². The van der Waals surface area contributed by atoms with E-state index in [0.717, 1.165) is 31.7 Å². The van der Waals surface area contributed by atoms with Crippen LogP contribution in [-0.4, -0.2) is 40.4 Å². The van der Waals surface area contributed by atoms with Gasteiger partial charge >= 0.3 is 0 Å². The van der Waals surface area contributed by atoms with Crippen LogP contribution in [0, 0.1) is 5.92 Å². The van der Waals surface area contributed by atoms with Crippen molar-refractivity contribution in [2.75, 3.05) is 32.0 Å². The summed E-state index contributed by atoms with van der Waals surface area (Å²) in [6.07, 6.45) is 2.72. The number of hydrogen-bond acceptors (Lipinski definition) is 4. The van der Waals surface area contributed by atoms with E-state index in [1.807, 2.05) is 30.3 Å². The van der Waals surface area contributed by atoms with Gasteiger partial charge in [0.05, 0.1) is 12.4 Å². The molecule has 1 aromatic rings. The first-order chi connectivity index (χ1) is 10.2. The predicted octanol–water partition coefficient (Wildman–Crippen LogP) is 1.37. The number of sulfonamides is 1. The van der Waals surface area contributed by atoms with Gasteiger partial charge in [0.15, 0.2) is 0 Å². The van der Waals surface area contributed by atoms with Gasteiger partial charge in [-0.2, -0.15) is 0 Å². The lowest BCUT2D eigenvalue weighted by Gasteiger charge is -2.22. The molecule has 1 aliphatic rings. The Labute approximate surface area is 127 Å². The zero-order valence-electron chi connectivity index (χ0n) is 12.3. The molecule has 1 heterocycles. The molecule has 0 saturated carbocycles. The lowest BCUT2D eigenvalue weighted by molar-refractivity contribution is 0.311. The van der Waals surface area contributed by atoms with Crippen molar-refractivity contribution in [1.82, 2.24) is 10.0 Å². The Kier molecular flexibility index (Phi) is 6.48. The highest BCUT2D eigenvalue weighted by Gasteiger charge is 2.20. The molecular formula is C15H24N2O3S. The number of rotatable bonds is 8. The summed E-state index contributed by atoms with van der Waals surface area (Å²) in [5.74, 6) is 1.27. The average Bonchev–Trinajstić information content (AvgIpc) is 2.48. The molecule has 1 fully saturated rings. The third-order valence-electron chi connectivity index (χ3n) is 3.51. The minimum absolute atomic E-state index is 0.222. The Morgan fingerprint density at radius 1 is 1.29 bits per heavy atom. The summed E-state index contributed by atoms with van der Waals surface area (Å²) in [5, 5.41) is 3.24. The van der Waals surface area contributed by atoms with Crippen molar-refractivity contribution in [2.24, 2.45) is 5.92 Å². The van der Waals surface area contributed by atoms with Crippen molar-refractivity contribution in [3.8, 4) is 5.75 Å². The lowest BCUT2D eigenvalue weighted by atomic mass is 10.0.